The third-order valence-electron chi connectivity index (χ3n) is 3.82. The van der Waals surface area contributed by atoms with E-state index in [-0.39, 0.29) is 29.2 Å². The average Bonchev–Trinajstić information content (AvgIpc) is 3.06. The molecule has 24 heavy (non-hydrogen) atoms. The normalized spacial score (nSPS) is 19.6. The molecule has 0 aromatic carbocycles. The van der Waals surface area contributed by atoms with Gasteiger partial charge in [0.2, 0.25) is 5.78 Å². The number of aliphatic imine (C=N–C) groups is 1. The van der Waals surface area contributed by atoms with Crippen LogP contribution in [0.1, 0.15) is 25.3 Å². The van der Waals surface area contributed by atoms with Gasteiger partial charge in [0.1, 0.15) is 5.76 Å². The average molecular weight is 384 g/mol. The van der Waals surface area contributed by atoms with E-state index in [0.29, 0.717) is 32.5 Å². The van der Waals surface area contributed by atoms with Crippen LogP contribution in [0.4, 0.5) is 0 Å². The Morgan fingerprint density at radius 3 is 2.67 bits per heavy atom. The van der Waals surface area contributed by atoms with E-state index in [4.69, 9.17) is 28.3 Å². The molecule has 1 aliphatic heterocycles. The van der Waals surface area contributed by atoms with Crippen LogP contribution in [0.5, 0.6) is 0 Å². The molecule has 0 spiro atoms. The van der Waals surface area contributed by atoms with E-state index in [9.17, 15) is 14.7 Å². The van der Waals surface area contributed by atoms with Crippen molar-refractivity contribution in [1.29, 1.82) is 0 Å². The maximum absolute atomic E-state index is 12.6. The van der Waals surface area contributed by atoms with Gasteiger partial charge in [0.15, 0.2) is 0 Å². The number of nitrogens with zero attached hydrogens (tertiary/aromatic N) is 1. The lowest BCUT2D eigenvalue weighted by Crippen LogP contribution is -2.21. The third-order valence-corrected chi connectivity index (χ3v) is 5.27. The molecule has 2 N–H and O–H groups in total. The number of Topliss-reactive ketones (excluding diaryl/α,β-unsaturated/α-hetero) is 1. The summed E-state index contributed by atoms with van der Waals surface area (Å²) >= 11 is 13.3. The zero-order chi connectivity index (χ0) is 17.6. The number of rotatable bonds is 3. The number of aliphatic hydroxyl groups excluding tert-OH is 1. The molecule has 124 valence electrons. The summed E-state index contributed by atoms with van der Waals surface area (Å²) in [6, 6.07) is 1.56. The molecule has 1 aromatic rings. The smallest absolute Gasteiger partial charge is 0.307 e. The van der Waals surface area contributed by atoms with Gasteiger partial charge in [-0.1, -0.05) is 23.2 Å². The number of ketones is 1. The summed E-state index contributed by atoms with van der Waals surface area (Å²) in [4.78, 5) is 27.9. The van der Waals surface area contributed by atoms with E-state index >= 15 is 0 Å². The van der Waals surface area contributed by atoms with Crippen LogP contribution < -0.4 is 0 Å². The van der Waals surface area contributed by atoms with Crippen LogP contribution in [-0.4, -0.2) is 27.7 Å². The quantitative estimate of drug-likeness (QED) is 0.600. The van der Waals surface area contributed by atoms with Gasteiger partial charge in [0.05, 0.1) is 21.5 Å². The number of carbonyl (C=O) groups is 2. The van der Waals surface area contributed by atoms with E-state index in [1.807, 2.05) is 0 Å². The minimum atomic E-state index is -1.03. The first-order valence-corrected chi connectivity index (χ1v) is 8.54. The molecule has 1 aromatic heterocycles. The van der Waals surface area contributed by atoms with Crippen molar-refractivity contribution in [3.05, 3.63) is 48.8 Å². The van der Waals surface area contributed by atoms with Crippen molar-refractivity contribution in [3.8, 4) is 0 Å². The number of hydrogen-bond acceptors (Lipinski definition) is 5. The number of hydrogen-bond donors (Lipinski definition) is 2. The summed E-state index contributed by atoms with van der Waals surface area (Å²) in [7, 11) is 0. The van der Waals surface area contributed by atoms with Crippen molar-refractivity contribution in [2.75, 3.05) is 0 Å². The Balaban J connectivity index is 2.08. The van der Waals surface area contributed by atoms with Crippen molar-refractivity contribution in [2.45, 2.75) is 19.8 Å². The highest BCUT2D eigenvalue weighted by Crippen LogP contribution is 2.40. The molecule has 8 heteroatoms. The van der Waals surface area contributed by atoms with Crippen LogP contribution in [0.3, 0.4) is 0 Å². The fourth-order valence-electron chi connectivity index (χ4n) is 2.73. The number of carbonyl (C=O) groups excluding carboxylic acids is 1. The van der Waals surface area contributed by atoms with Gasteiger partial charge in [0, 0.05) is 34.2 Å². The summed E-state index contributed by atoms with van der Waals surface area (Å²) in [6.07, 6.45) is -0.174. The van der Waals surface area contributed by atoms with Gasteiger partial charge in [0.25, 0.3) is 0 Å². The maximum Gasteiger partial charge on any atom is 0.307 e. The first-order valence-electron chi connectivity index (χ1n) is 6.90. The van der Waals surface area contributed by atoms with Gasteiger partial charge < -0.3 is 10.2 Å². The van der Waals surface area contributed by atoms with E-state index in [2.05, 4.69) is 4.99 Å². The Labute approximate surface area is 151 Å². The Bertz CT molecular complexity index is 905. The van der Waals surface area contributed by atoms with Crippen LogP contribution in [0.25, 0.3) is 5.76 Å². The molecule has 2 aliphatic rings. The molecule has 0 fully saturated rings. The molecule has 0 unspecified atom stereocenters. The highest BCUT2D eigenvalue weighted by atomic mass is 35.5. The monoisotopic (exact) mass is 383 g/mol. The SMILES string of the molecule is CC1=C(CC(=O)O)C2=C(Cl)C(=O)C(=C(O)c3csc(Cl)c3)CC2=N1. The third kappa shape index (κ3) is 2.81. The maximum atomic E-state index is 12.6. The molecular formula is C16H11Cl2NO4S. The number of thiophene rings is 1. The molecule has 5 nitrogen and oxygen atoms in total. The number of halogens is 2. The molecule has 3 rings (SSSR count). The standard InChI is InChI=1S/C16H11Cl2NO4S/c1-6-8(4-12(20)21)13-10(19-6)3-9(16(23)14(13)18)15(22)7-2-11(17)24-5-7/h2,5,22H,3-4H2,1H3,(H,20,21). The number of fused-ring (bicyclic) bond motifs is 1. The van der Waals surface area contributed by atoms with Gasteiger partial charge in [-0.25, -0.2) is 0 Å². The van der Waals surface area contributed by atoms with Gasteiger partial charge in [-0.3, -0.25) is 14.6 Å². The molecule has 2 heterocycles. The van der Waals surface area contributed by atoms with E-state index < -0.39 is 11.8 Å². The first-order chi connectivity index (χ1) is 11.3. The lowest BCUT2D eigenvalue weighted by atomic mass is 9.86. The van der Waals surface area contributed by atoms with Crippen LogP contribution in [0.2, 0.25) is 4.34 Å². The minimum Gasteiger partial charge on any atom is -0.507 e. The Morgan fingerprint density at radius 1 is 1.38 bits per heavy atom. The van der Waals surface area contributed by atoms with Gasteiger partial charge in [-0.05, 0) is 18.6 Å². The predicted octanol–water partition coefficient (Wildman–Crippen LogP) is 4.34. The summed E-state index contributed by atoms with van der Waals surface area (Å²) in [6.45, 7) is 1.67. The zero-order valence-electron chi connectivity index (χ0n) is 12.4. The second-order valence-electron chi connectivity index (χ2n) is 5.35. The topological polar surface area (TPSA) is 87.0 Å². The van der Waals surface area contributed by atoms with Crippen LogP contribution in [0, 0.1) is 0 Å². The van der Waals surface area contributed by atoms with Gasteiger partial charge >= 0.3 is 5.97 Å². The Kier molecular flexibility index (Phi) is 4.38. The van der Waals surface area contributed by atoms with E-state index in [1.54, 1.807) is 18.4 Å². The summed E-state index contributed by atoms with van der Waals surface area (Å²) in [5, 5.41) is 21.0. The molecule has 0 saturated heterocycles. The largest absolute Gasteiger partial charge is 0.507 e. The molecule has 0 bridgehead atoms. The fraction of sp³-hybridized carbons (Fsp3) is 0.188. The van der Waals surface area contributed by atoms with E-state index in [1.165, 1.54) is 11.3 Å². The second kappa shape index (κ2) is 6.20. The number of allylic oxidation sites excluding steroid dienone is 4. The van der Waals surface area contributed by atoms with Gasteiger partial charge in [-0.15, -0.1) is 11.3 Å². The van der Waals surface area contributed by atoms with Crippen LogP contribution in [-0.2, 0) is 9.59 Å². The Hall–Kier alpha value is -1.89. The first kappa shape index (κ1) is 17.0. The Morgan fingerprint density at radius 2 is 2.08 bits per heavy atom. The molecular weight excluding hydrogens is 373 g/mol. The molecule has 0 amide bonds. The van der Waals surface area contributed by atoms with Crippen molar-refractivity contribution >= 4 is 57.8 Å². The van der Waals surface area contributed by atoms with Crippen molar-refractivity contribution in [1.82, 2.24) is 0 Å². The molecule has 0 atom stereocenters. The lowest BCUT2D eigenvalue weighted by molar-refractivity contribution is -0.136. The van der Waals surface area contributed by atoms with Crippen molar-refractivity contribution in [2.24, 2.45) is 4.99 Å². The predicted molar refractivity (Wildman–Crippen MR) is 93.8 cm³/mol. The summed E-state index contributed by atoms with van der Waals surface area (Å²) in [5.74, 6) is -1.74. The van der Waals surface area contributed by atoms with Crippen molar-refractivity contribution < 1.29 is 19.8 Å². The number of carboxylic acids is 1. The number of aliphatic hydroxyl groups is 1. The van der Waals surface area contributed by atoms with Crippen LogP contribution in [0.15, 0.2) is 43.9 Å². The second-order valence-corrected chi connectivity index (χ2v) is 7.28. The van der Waals surface area contributed by atoms with Gasteiger partial charge in [-0.2, -0.15) is 0 Å². The summed E-state index contributed by atoms with van der Waals surface area (Å²) in [5.41, 5.74) is 2.40. The minimum absolute atomic E-state index is 0.0874. The lowest BCUT2D eigenvalue weighted by Gasteiger charge is -2.19. The molecule has 1 aliphatic carbocycles. The van der Waals surface area contributed by atoms with Crippen LogP contribution >= 0.6 is 34.5 Å². The summed E-state index contributed by atoms with van der Waals surface area (Å²) < 4.78 is 0.488. The number of carboxylic acid groups (broad SMARTS) is 1. The van der Waals surface area contributed by atoms with Crippen molar-refractivity contribution in [3.63, 3.8) is 0 Å². The molecule has 0 radical (unpaired) electrons. The zero-order valence-corrected chi connectivity index (χ0v) is 14.7. The highest BCUT2D eigenvalue weighted by Gasteiger charge is 2.36. The highest BCUT2D eigenvalue weighted by molar-refractivity contribution is 7.14. The number of aliphatic carboxylic acids is 1. The molecule has 0 saturated carbocycles. The fourth-order valence-corrected chi connectivity index (χ4v) is 3.93. The van der Waals surface area contributed by atoms with E-state index in [0.717, 1.165) is 0 Å².